The molecule has 114 valence electrons. The summed E-state index contributed by atoms with van der Waals surface area (Å²) in [6.45, 7) is 1.73. The SMILES string of the molecule is CC(NC(=O)c1cccs1)C(=O)NC1CC2CCC(C1)N2. The van der Waals surface area contributed by atoms with E-state index in [-0.39, 0.29) is 17.9 Å². The molecule has 2 saturated heterocycles. The van der Waals surface area contributed by atoms with Crippen LogP contribution in [0.15, 0.2) is 17.5 Å². The Bertz CT molecular complexity index is 505. The Morgan fingerprint density at radius 3 is 2.67 bits per heavy atom. The number of hydrogen-bond acceptors (Lipinski definition) is 4. The van der Waals surface area contributed by atoms with E-state index in [0.29, 0.717) is 17.0 Å². The predicted octanol–water partition coefficient (Wildman–Crippen LogP) is 1.27. The van der Waals surface area contributed by atoms with Gasteiger partial charge in [0.25, 0.3) is 5.91 Å². The van der Waals surface area contributed by atoms with E-state index in [1.807, 2.05) is 11.4 Å². The highest BCUT2D eigenvalue weighted by Crippen LogP contribution is 2.26. The average molecular weight is 307 g/mol. The number of carbonyl (C=O) groups excluding carboxylic acids is 2. The van der Waals surface area contributed by atoms with Crippen molar-refractivity contribution in [2.24, 2.45) is 0 Å². The van der Waals surface area contributed by atoms with Gasteiger partial charge in [0.05, 0.1) is 4.88 Å². The molecule has 3 N–H and O–H groups in total. The minimum Gasteiger partial charge on any atom is -0.351 e. The zero-order chi connectivity index (χ0) is 14.8. The van der Waals surface area contributed by atoms with Crippen molar-refractivity contribution in [3.8, 4) is 0 Å². The number of amides is 2. The van der Waals surface area contributed by atoms with Gasteiger partial charge in [-0.25, -0.2) is 0 Å². The summed E-state index contributed by atoms with van der Waals surface area (Å²) in [6.07, 6.45) is 4.41. The summed E-state index contributed by atoms with van der Waals surface area (Å²) in [7, 11) is 0. The standard InChI is InChI=1S/C15H21N3O2S/c1-9(16-15(20)13-3-2-6-21-13)14(19)18-12-7-10-4-5-11(8-12)17-10/h2-3,6,9-12,17H,4-5,7-8H2,1H3,(H,16,20)(H,18,19). The molecule has 1 aromatic heterocycles. The van der Waals surface area contributed by atoms with Crippen LogP contribution in [0.5, 0.6) is 0 Å². The highest BCUT2D eigenvalue weighted by Gasteiger charge is 2.34. The van der Waals surface area contributed by atoms with Crippen LogP contribution in [0.25, 0.3) is 0 Å². The van der Waals surface area contributed by atoms with E-state index in [1.54, 1.807) is 13.0 Å². The summed E-state index contributed by atoms with van der Waals surface area (Å²) in [5.74, 6) is -0.274. The third-order valence-corrected chi connectivity index (χ3v) is 5.17. The van der Waals surface area contributed by atoms with Gasteiger partial charge in [0.1, 0.15) is 6.04 Å². The quantitative estimate of drug-likeness (QED) is 0.784. The van der Waals surface area contributed by atoms with Crippen molar-refractivity contribution in [2.75, 3.05) is 0 Å². The molecule has 3 rings (SSSR count). The van der Waals surface area contributed by atoms with Crippen LogP contribution in [-0.2, 0) is 4.79 Å². The molecular formula is C15H21N3O2S. The van der Waals surface area contributed by atoms with Crippen LogP contribution >= 0.6 is 11.3 Å². The van der Waals surface area contributed by atoms with E-state index in [2.05, 4.69) is 16.0 Å². The highest BCUT2D eigenvalue weighted by molar-refractivity contribution is 7.12. The Balaban J connectivity index is 1.49. The molecule has 5 nitrogen and oxygen atoms in total. The number of hydrogen-bond donors (Lipinski definition) is 3. The van der Waals surface area contributed by atoms with E-state index in [0.717, 1.165) is 12.8 Å². The van der Waals surface area contributed by atoms with E-state index < -0.39 is 6.04 Å². The van der Waals surface area contributed by atoms with Crippen molar-refractivity contribution in [2.45, 2.75) is 56.8 Å². The fourth-order valence-electron chi connectivity index (χ4n) is 3.24. The lowest BCUT2D eigenvalue weighted by Gasteiger charge is -2.30. The molecule has 3 heterocycles. The number of rotatable bonds is 4. The molecule has 3 unspecified atom stereocenters. The normalized spacial score (nSPS) is 28.9. The molecule has 2 fully saturated rings. The van der Waals surface area contributed by atoms with Crippen molar-refractivity contribution in [1.29, 1.82) is 0 Å². The first-order valence-corrected chi connectivity index (χ1v) is 8.40. The first-order chi connectivity index (χ1) is 10.1. The fraction of sp³-hybridized carbons (Fsp3) is 0.600. The molecule has 0 spiro atoms. The van der Waals surface area contributed by atoms with Gasteiger partial charge in [0.2, 0.25) is 5.91 Å². The van der Waals surface area contributed by atoms with E-state index in [4.69, 9.17) is 0 Å². The third-order valence-electron chi connectivity index (χ3n) is 4.31. The van der Waals surface area contributed by atoms with Gasteiger partial charge in [-0.15, -0.1) is 11.3 Å². The molecule has 2 amide bonds. The van der Waals surface area contributed by atoms with Crippen molar-refractivity contribution in [1.82, 2.24) is 16.0 Å². The molecule has 2 aliphatic heterocycles. The number of carbonyl (C=O) groups is 2. The van der Waals surface area contributed by atoms with Crippen LogP contribution in [0.4, 0.5) is 0 Å². The van der Waals surface area contributed by atoms with Gasteiger partial charge >= 0.3 is 0 Å². The van der Waals surface area contributed by atoms with Gasteiger partial charge in [-0.05, 0) is 44.1 Å². The smallest absolute Gasteiger partial charge is 0.261 e. The molecule has 0 aliphatic carbocycles. The van der Waals surface area contributed by atoms with Gasteiger partial charge in [-0.2, -0.15) is 0 Å². The Kier molecular flexibility index (Phi) is 4.26. The maximum atomic E-state index is 12.2. The maximum Gasteiger partial charge on any atom is 0.261 e. The van der Waals surface area contributed by atoms with Gasteiger partial charge < -0.3 is 16.0 Å². The second-order valence-corrected chi connectivity index (χ2v) is 6.93. The Hall–Kier alpha value is -1.40. The lowest BCUT2D eigenvalue weighted by molar-refractivity contribution is -0.123. The highest BCUT2D eigenvalue weighted by atomic mass is 32.1. The summed E-state index contributed by atoms with van der Waals surface area (Å²) in [4.78, 5) is 24.8. The monoisotopic (exact) mass is 307 g/mol. The van der Waals surface area contributed by atoms with Crippen LogP contribution in [-0.4, -0.2) is 36.0 Å². The van der Waals surface area contributed by atoms with Crippen LogP contribution in [0.1, 0.15) is 42.3 Å². The van der Waals surface area contributed by atoms with Crippen molar-refractivity contribution in [3.63, 3.8) is 0 Å². The summed E-state index contributed by atoms with van der Waals surface area (Å²) in [5, 5.41) is 11.2. The average Bonchev–Trinajstić information content (AvgIpc) is 3.08. The minimum atomic E-state index is -0.507. The Morgan fingerprint density at radius 1 is 1.33 bits per heavy atom. The number of nitrogens with one attached hydrogen (secondary N) is 3. The Morgan fingerprint density at radius 2 is 2.05 bits per heavy atom. The van der Waals surface area contributed by atoms with E-state index in [1.165, 1.54) is 24.2 Å². The van der Waals surface area contributed by atoms with Crippen LogP contribution < -0.4 is 16.0 Å². The van der Waals surface area contributed by atoms with E-state index in [9.17, 15) is 9.59 Å². The number of fused-ring (bicyclic) bond motifs is 2. The fourth-order valence-corrected chi connectivity index (χ4v) is 3.87. The maximum absolute atomic E-state index is 12.2. The lowest BCUT2D eigenvalue weighted by atomic mass is 9.99. The molecule has 6 heteroatoms. The van der Waals surface area contributed by atoms with Gasteiger partial charge in [0, 0.05) is 18.1 Å². The summed E-state index contributed by atoms with van der Waals surface area (Å²) < 4.78 is 0. The zero-order valence-corrected chi connectivity index (χ0v) is 12.9. The molecule has 21 heavy (non-hydrogen) atoms. The summed E-state index contributed by atoms with van der Waals surface area (Å²) in [6, 6.07) is 4.41. The third kappa shape index (κ3) is 3.44. The molecular weight excluding hydrogens is 286 g/mol. The van der Waals surface area contributed by atoms with Crippen LogP contribution in [0.2, 0.25) is 0 Å². The van der Waals surface area contributed by atoms with E-state index >= 15 is 0 Å². The lowest BCUT2D eigenvalue weighted by Crippen LogP contribution is -2.52. The molecule has 0 radical (unpaired) electrons. The van der Waals surface area contributed by atoms with Crippen LogP contribution in [0, 0.1) is 0 Å². The largest absolute Gasteiger partial charge is 0.351 e. The van der Waals surface area contributed by atoms with Gasteiger partial charge in [-0.1, -0.05) is 6.07 Å². The first-order valence-electron chi connectivity index (χ1n) is 7.52. The van der Waals surface area contributed by atoms with Crippen molar-refractivity contribution in [3.05, 3.63) is 22.4 Å². The number of piperidine rings is 1. The molecule has 0 aromatic carbocycles. The molecule has 0 saturated carbocycles. The van der Waals surface area contributed by atoms with Crippen LogP contribution in [0.3, 0.4) is 0 Å². The summed E-state index contributed by atoms with van der Waals surface area (Å²) in [5.41, 5.74) is 0. The topological polar surface area (TPSA) is 70.2 Å². The molecule has 1 aromatic rings. The summed E-state index contributed by atoms with van der Waals surface area (Å²) >= 11 is 1.38. The molecule has 2 bridgehead atoms. The molecule has 3 atom stereocenters. The number of thiophene rings is 1. The van der Waals surface area contributed by atoms with Crippen molar-refractivity contribution >= 4 is 23.2 Å². The Labute approximate surface area is 128 Å². The second kappa shape index (κ2) is 6.15. The molecule has 2 aliphatic rings. The first kappa shape index (κ1) is 14.5. The minimum absolute atomic E-state index is 0.0915. The second-order valence-electron chi connectivity index (χ2n) is 5.99. The van der Waals surface area contributed by atoms with Gasteiger partial charge in [-0.3, -0.25) is 9.59 Å². The van der Waals surface area contributed by atoms with Gasteiger partial charge in [0.15, 0.2) is 0 Å². The van der Waals surface area contributed by atoms with Crippen molar-refractivity contribution < 1.29 is 9.59 Å². The predicted molar refractivity (Wildman–Crippen MR) is 82.4 cm³/mol. The zero-order valence-electron chi connectivity index (χ0n) is 12.1.